The summed E-state index contributed by atoms with van der Waals surface area (Å²) in [6.45, 7) is 1.25. The molecule has 1 aromatic rings. The monoisotopic (exact) mass is 263 g/mol. The highest BCUT2D eigenvalue weighted by molar-refractivity contribution is 5.60. The lowest BCUT2D eigenvalue weighted by Gasteiger charge is -2.40. The lowest BCUT2D eigenvalue weighted by atomic mass is 9.97. The lowest BCUT2D eigenvalue weighted by Crippen LogP contribution is -2.49. The Balaban J connectivity index is 2.28. The van der Waals surface area contributed by atoms with Gasteiger partial charge in [0.2, 0.25) is 0 Å². The Bertz CT molecular complexity index is 486. The molecule has 0 aliphatic carbocycles. The number of piperidine rings is 1. The van der Waals surface area contributed by atoms with Crippen LogP contribution in [0.15, 0.2) is 18.2 Å². The van der Waals surface area contributed by atoms with Gasteiger partial charge in [-0.1, -0.05) is 0 Å². The molecule has 1 fully saturated rings. The number of anilines is 1. The van der Waals surface area contributed by atoms with E-state index in [1.54, 1.807) is 13.2 Å². The van der Waals surface area contributed by atoms with E-state index < -0.39 is 5.82 Å². The van der Waals surface area contributed by atoms with Crippen molar-refractivity contribution in [2.24, 2.45) is 5.73 Å². The van der Waals surface area contributed by atoms with E-state index in [1.807, 2.05) is 6.07 Å². The maximum atomic E-state index is 13.2. The molecule has 1 aromatic carbocycles. The number of rotatable bonds is 3. The van der Waals surface area contributed by atoms with Crippen molar-refractivity contribution < 1.29 is 9.13 Å². The molecule has 1 heterocycles. The summed E-state index contributed by atoms with van der Waals surface area (Å²) < 4.78 is 18.6. The number of halogens is 1. The van der Waals surface area contributed by atoms with E-state index in [4.69, 9.17) is 15.7 Å². The van der Waals surface area contributed by atoms with E-state index in [9.17, 15) is 4.39 Å². The SMILES string of the molecule is COC1CCN(c2ccc(F)cc2C#N)C(CN)C1. The van der Waals surface area contributed by atoms with Crippen LogP contribution in [0.25, 0.3) is 0 Å². The highest BCUT2D eigenvalue weighted by Crippen LogP contribution is 2.28. The van der Waals surface area contributed by atoms with Crippen molar-refractivity contribution in [2.75, 3.05) is 25.1 Å². The normalized spacial score (nSPS) is 23.2. The summed E-state index contributed by atoms with van der Waals surface area (Å²) in [5.41, 5.74) is 6.93. The van der Waals surface area contributed by atoms with Crippen LogP contribution in [-0.2, 0) is 4.74 Å². The van der Waals surface area contributed by atoms with Crippen molar-refractivity contribution in [1.82, 2.24) is 0 Å². The van der Waals surface area contributed by atoms with Gasteiger partial charge in [-0.2, -0.15) is 5.26 Å². The van der Waals surface area contributed by atoms with Gasteiger partial charge < -0.3 is 15.4 Å². The van der Waals surface area contributed by atoms with Crippen LogP contribution in [0.4, 0.5) is 10.1 Å². The summed E-state index contributed by atoms with van der Waals surface area (Å²) in [7, 11) is 1.70. The molecule has 2 unspecified atom stereocenters. The van der Waals surface area contributed by atoms with Crippen LogP contribution in [0.3, 0.4) is 0 Å². The smallest absolute Gasteiger partial charge is 0.124 e. The molecule has 0 radical (unpaired) electrons. The predicted molar refractivity (Wildman–Crippen MR) is 71.3 cm³/mol. The van der Waals surface area contributed by atoms with Crippen LogP contribution in [-0.4, -0.2) is 32.3 Å². The van der Waals surface area contributed by atoms with E-state index in [0.717, 1.165) is 25.1 Å². The van der Waals surface area contributed by atoms with E-state index in [1.165, 1.54) is 12.1 Å². The number of nitrogens with zero attached hydrogens (tertiary/aromatic N) is 2. The van der Waals surface area contributed by atoms with Crippen molar-refractivity contribution in [3.05, 3.63) is 29.6 Å². The number of methoxy groups -OCH3 is 1. The Morgan fingerprint density at radius 2 is 2.37 bits per heavy atom. The number of benzene rings is 1. The fraction of sp³-hybridized carbons (Fsp3) is 0.500. The van der Waals surface area contributed by atoms with Crippen LogP contribution >= 0.6 is 0 Å². The number of hydrogen-bond donors (Lipinski definition) is 1. The van der Waals surface area contributed by atoms with Gasteiger partial charge in [0.15, 0.2) is 0 Å². The zero-order chi connectivity index (χ0) is 13.8. The third kappa shape index (κ3) is 2.86. The fourth-order valence-electron chi connectivity index (χ4n) is 2.62. The van der Waals surface area contributed by atoms with Gasteiger partial charge in [-0.3, -0.25) is 0 Å². The largest absolute Gasteiger partial charge is 0.381 e. The van der Waals surface area contributed by atoms with Crippen molar-refractivity contribution in [2.45, 2.75) is 25.0 Å². The van der Waals surface area contributed by atoms with Gasteiger partial charge in [-0.15, -0.1) is 0 Å². The Morgan fingerprint density at radius 1 is 1.58 bits per heavy atom. The molecule has 0 aromatic heterocycles. The first-order valence-corrected chi connectivity index (χ1v) is 6.38. The minimum absolute atomic E-state index is 0.122. The van der Waals surface area contributed by atoms with Crippen LogP contribution in [0.5, 0.6) is 0 Å². The Labute approximate surface area is 112 Å². The fourth-order valence-corrected chi connectivity index (χ4v) is 2.62. The van der Waals surface area contributed by atoms with Crippen molar-refractivity contribution in [3.63, 3.8) is 0 Å². The maximum absolute atomic E-state index is 13.2. The molecule has 1 saturated heterocycles. The molecule has 4 nitrogen and oxygen atoms in total. The van der Waals surface area contributed by atoms with Gasteiger partial charge in [-0.05, 0) is 31.0 Å². The quantitative estimate of drug-likeness (QED) is 0.900. The molecule has 0 saturated carbocycles. The van der Waals surface area contributed by atoms with Crippen molar-refractivity contribution in [3.8, 4) is 6.07 Å². The number of ether oxygens (including phenoxy) is 1. The van der Waals surface area contributed by atoms with Crippen LogP contribution in [0.2, 0.25) is 0 Å². The lowest BCUT2D eigenvalue weighted by molar-refractivity contribution is 0.0709. The minimum atomic E-state index is -0.392. The van der Waals surface area contributed by atoms with Gasteiger partial charge in [0.25, 0.3) is 0 Å². The van der Waals surface area contributed by atoms with Crippen molar-refractivity contribution in [1.29, 1.82) is 5.26 Å². The average Bonchev–Trinajstić information content (AvgIpc) is 2.46. The third-order valence-corrected chi connectivity index (χ3v) is 3.66. The molecule has 2 rings (SSSR count). The highest BCUT2D eigenvalue weighted by Gasteiger charge is 2.29. The molecule has 19 heavy (non-hydrogen) atoms. The second-order valence-corrected chi connectivity index (χ2v) is 4.74. The molecule has 2 atom stereocenters. The standard InChI is InChI=1S/C14H18FN3O/c1-19-13-4-5-18(12(7-13)9-17)14-3-2-11(15)6-10(14)8-16/h2-3,6,12-13H,4-5,7,9,17H2,1H3. The van der Waals surface area contributed by atoms with Gasteiger partial charge in [-0.25, -0.2) is 4.39 Å². The highest BCUT2D eigenvalue weighted by atomic mass is 19.1. The minimum Gasteiger partial charge on any atom is -0.381 e. The summed E-state index contributed by atoms with van der Waals surface area (Å²) in [6, 6.07) is 6.48. The van der Waals surface area contributed by atoms with Gasteiger partial charge in [0, 0.05) is 26.2 Å². The molecular formula is C14H18FN3O. The summed E-state index contributed by atoms with van der Waals surface area (Å²) in [5, 5.41) is 9.13. The van der Waals surface area contributed by atoms with Crippen LogP contribution < -0.4 is 10.6 Å². The first-order chi connectivity index (χ1) is 9.19. The Morgan fingerprint density at radius 3 is 3.00 bits per heavy atom. The van der Waals surface area contributed by atoms with E-state index in [2.05, 4.69) is 4.90 Å². The van der Waals surface area contributed by atoms with Crippen molar-refractivity contribution >= 4 is 5.69 Å². The summed E-state index contributed by atoms with van der Waals surface area (Å²) in [6.07, 6.45) is 1.92. The Hall–Kier alpha value is -1.64. The zero-order valence-corrected chi connectivity index (χ0v) is 11.0. The summed E-state index contributed by atoms with van der Waals surface area (Å²) in [4.78, 5) is 2.09. The zero-order valence-electron chi connectivity index (χ0n) is 11.0. The molecule has 0 spiro atoms. The van der Waals surface area contributed by atoms with E-state index >= 15 is 0 Å². The Kier molecular flexibility index (Phi) is 4.35. The average molecular weight is 263 g/mol. The van der Waals surface area contributed by atoms with Gasteiger partial charge in [0.05, 0.1) is 17.4 Å². The molecular weight excluding hydrogens is 245 g/mol. The second-order valence-electron chi connectivity index (χ2n) is 4.74. The number of nitrogens with two attached hydrogens (primary N) is 1. The molecule has 102 valence electrons. The van der Waals surface area contributed by atoms with Gasteiger partial charge >= 0.3 is 0 Å². The maximum Gasteiger partial charge on any atom is 0.124 e. The summed E-state index contributed by atoms with van der Waals surface area (Å²) >= 11 is 0. The molecule has 0 amide bonds. The molecule has 1 aliphatic rings. The van der Waals surface area contributed by atoms with Crippen LogP contribution in [0.1, 0.15) is 18.4 Å². The van der Waals surface area contributed by atoms with Gasteiger partial charge in [0.1, 0.15) is 11.9 Å². The first-order valence-electron chi connectivity index (χ1n) is 6.38. The number of nitriles is 1. The first kappa shape index (κ1) is 13.8. The molecule has 5 heteroatoms. The summed E-state index contributed by atoms with van der Waals surface area (Å²) in [5.74, 6) is -0.392. The number of hydrogen-bond acceptors (Lipinski definition) is 4. The molecule has 0 bridgehead atoms. The molecule has 1 aliphatic heterocycles. The topological polar surface area (TPSA) is 62.3 Å². The molecule has 2 N–H and O–H groups in total. The van der Waals surface area contributed by atoms with Crippen LogP contribution in [0, 0.1) is 17.1 Å². The van der Waals surface area contributed by atoms with E-state index in [0.29, 0.717) is 12.1 Å². The predicted octanol–water partition coefficient (Wildman–Crippen LogP) is 1.64. The second kappa shape index (κ2) is 6.00. The van der Waals surface area contributed by atoms with E-state index in [-0.39, 0.29) is 12.1 Å². The third-order valence-electron chi connectivity index (χ3n) is 3.66.